The number of fused-ring (bicyclic) bond motifs is 2. The highest BCUT2D eigenvalue weighted by Crippen LogP contribution is 2.22. The average molecular weight is 369 g/mol. The first-order valence-corrected chi connectivity index (χ1v) is 9.50. The monoisotopic (exact) mass is 369 g/mol. The van der Waals surface area contributed by atoms with E-state index in [-0.39, 0.29) is 17.2 Å². The van der Waals surface area contributed by atoms with Crippen LogP contribution in [0, 0.1) is 0 Å². The standard InChI is InChI=1S/C19H19N3O3S/c1-21-18(24)15-10-13-4-2-3-5-14(13)11-16(15)20-19(21)26-12-17(23)22-6-8-25-9-7-22/h2-5,10-11H,6-9,12H2,1H3. The van der Waals surface area contributed by atoms with E-state index in [0.717, 1.165) is 10.8 Å². The molecule has 0 aliphatic carbocycles. The van der Waals surface area contributed by atoms with Gasteiger partial charge in [-0.1, -0.05) is 36.0 Å². The van der Waals surface area contributed by atoms with Crippen LogP contribution in [-0.2, 0) is 16.6 Å². The molecule has 1 aromatic heterocycles. The Bertz CT molecular complexity index is 1040. The van der Waals surface area contributed by atoms with Crippen molar-refractivity contribution < 1.29 is 9.53 Å². The summed E-state index contributed by atoms with van der Waals surface area (Å²) >= 11 is 1.30. The van der Waals surface area contributed by atoms with Gasteiger partial charge in [-0.25, -0.2) is 4.98 Å². The zero-order valence-electron chi connectivity index (χ0n) is 14.5. The van der Waals surface area contributed by atoms with Crippen molar-refractivity contribution in [2.75, 3.05) is 32.1 Å². The Morgan fingerprint density at radius 2 is 1.88 bits per heavy atom. The normalized spacial score (nSPS) is 14.9. The molecule has 1 fully saturated rings. The summed E-state index contributed by atoms with van der Waals surface area (Å²) in [6.45, 7) is 2.40. The van der Waals surface area contributed by atoms with Crippen molar-refractivity contribution in [3.05, 3.63) is 46.8 Å². The molecule has 1 aliphatic heterocycles. The number of thioether (sulfide) groups is 1. The van der Waals surface area contributed by atoms with Crippen molar-refractivity contribution in [1.82, 2.24) is 14.5 Å². The lowest BCUT2D eigenvalue weighted by Crippen LogP contribution is -2.41. The second-order valence-corrected chi connectivity index (χ2v) is 7.20. The minimum Gasteiger partial charge on any atom is -0.378 e. The Balaban J connectivity index is 1.64. The molecule has 0 unspecified atom stereocenters. The van der Waals surface area contributed by atoms with Crippen molar-refractivity contribution in [1.29, 1.82) is 0 Å². The molecule has 1 aliphatic rings. The molecule has 0 saturated carbocycles. The molecule has 0 bridgehead atoms. The number of aromatic nitrogens is 2. The number of morpholine rings is 1. The van der Waals surface area contributed by atoms with Gasteiger partial charge >= 0.3 is 0 Å². The van der Waals surface area contributed by atoms with Crippen molar-refractivity contribution >= 4 is 39.3 Å². The first kappa shape index (κ1) is 17.1. The highest BCUT2D eigenvalue weighted by atomic mass is 32.2. The Morgan fingerprint density at radius 3 is 2.62 bits per heavy atom. The fraction of sp³-hybridized carbons (Fsp3) is 0.316. The van der Waals surface area contributed by atoms with Gasteiger partial charge in [-0.3, -0.25) is 14.2 Å². The molecule has 6 nitrogen and oxygen atoms in total. The molecule has 0 atom stereocenters. The predicted molar refractivity (Wildman–Crippen MR) is 103 cm³/mol. The number of carbonyl (C=O) groups is 1. The number of rotatable bonds is 3. The van der Waals surface area contributed by atoms with Crippen LogP contribution >= 0.6 is 11.8 Å². The van der Waals surface area contributed by atoms with E-state index in [0.29, 0.717) is 42.4 Å². The van der Waals surface area contributed by atoms with Gasteiger partial charge in [0.15, 0.2) is 5.16 Å². The Labute approximate surface area is 154 Å². The quantitative estimate of drug-likeness (QED) is 0.402. The lowest BCUT2D eigenvalue weighted by atomic mass is 10.1. The molecule has 3 aromatic rings. The fourth-order valence-corrected chi connectivity index (χ4v) is 3.97. The van der Waals surface area contributed by atoms with Crippen molar-refractivity contribution in [3.8, 4) is 0 Å². The highest BCUT2D eigenvalue weighted by Gasteiger charge is 2.18. The molecule has 26 heavy (non-hydrogen) atoms. The zero-order chi connectivity index (χ0) is 18.1. The molecule has 0 N–H and O–H groups in total. The summed E-state index contributed by atoms with van der Waals surface area (Å²) in [5.41, 5.74) is 0.565. The molecule has 134 valence electrons. The second kappa shape index (κ2) is 7.09. The summed E-state index contributed by atoms with van der Waals surface area (Å²) in [6.07, 6.45) is 0. The Hall–Kier alpha value is -2.38. The van der Waals surface area contributed by atoms with Gasteiger partial charge in [0.25, 0.3) is 5.56 Å². The van der Waals surface area contributed by atoms with Crippen LogP contribution in [-0.4, -0.2) is 52.4 Å². The number of benzene rings is 2. The van der Waals surface area contributed by atoms with Crippen molar-refractivity contribution in [2.24, 2.45) is 7.05 Å². The topological polar surface area (TPSA) is 64.4 Å². The summed E-state index contributed by atoms with van der Waals surface area (Å²) in [7, 11) is 1.70. The van der Waals surface area contributed by atoms with E-state index in [1.54, 1.807) is 11.9 Å². The molecule has 0 radical (unpaired) electrons. The smallest absolute Gasteiger partial charge is 0.261 e. The molecule has 7 heteroatoms. The highest BCUT2D eigenvalue weighted by molar-refractivity contribution is 7.99. The Kier molecular flexibility index (Phi) is 4.65. The fourth-order valence-electron chi connectivity index (χ4n) is 3.10. The number of hydrogen-bond acceptors (Lipinski definition) is 5. The molecule has 1 amide bonds. The van der Waals surface area contributed by atoms with E-state index < -0.39 is 0 Å². The molecular formula is C19H19N3O3S. The van der Waals surface area contributed by atoms with E-state index in [1.165, 1.54) is 16.3 Å². The molecule has 0 spiro atoms. The molecule has 1 saturated heterocycles. The predicted octanol–water partition coefficient (Wildman–Crippen LogP) is 2.04. The van der Waals surface area contributed by atoms with E-state index in [2.05, 4.69) is 4.98 Å². The van der Waals surface area contributed by atoms with Crippen LogP contribution in [0.5, 0.6) is 0 Å². The van der Waals surface area contributed by atoms with Crippen LogP contribution in [0.3, 0.4) is 0 Å². The van der Waals surface area contributed by atoms with Crippen molar-refractivity contribution in [3.63, 3.8) is 0 Å². The van der Waals surface area contributed by atoms with Crippen LogP contribution in [0.1, 0.15) is 0 Å². The third-order valence-corrected chi connectivity index (χ3v) is 5.61. The van der Waals surface area contributed by atoms with Crippen LogP contribution in [0.2, 0.25) is 0 Å². The molecular weight excluding hydrogens is 350 g/mol. The molecule has 4 rings (SSSR count). The summed E-state index contributed by atoms with van der Waals surface area (Å²) in [6, 6.07) is 11.7. The molecule has 2 heterocycles. The maximum absolute atomic E-state index is 12.7. The zero-order valence-corrected chi connectivity index (χ0v) is 15.3. The van der Waals surface area contributed by atoms with Gasteiger partial charge in [0, 0.05) is 20.1 Å². The van der Waals surface area contributed by atoms with Gasteiger partial charge < -0.3 is 9.64 Å². The minimum absolute atomic E-state index is 0.0474. The van der Waals surface area contributed by atoms with E-state index in [9.17, 15) is 9.59 Å². The van der Waals surface area contributed by atoms with Gasteiger partial charge in [-0.15, -0.1) is 0 Å². The third kappa shape index (κ3) is 3.20. The summed E-state index contributed by atoms with van der Waals surface area (Å²) in [5, 5.41) is 3.21. The lowest BCUT2D eigenvalue weighted by molar-refractivity contribution is -0.132. The SMILES string of the molecule is Cn1c(SCC(=O)N2CCOCC2)nc2cc3ccccc3cc2c1=O. The van der Waals surface area contributed by atoms with E-state index in [4.69, 9.17) is 4.74 Å². The molecule has 2 aromatic carbocycles. The van der Waals surface area contributed by atoms with Gasteiger partial charge in [0.05, 0.1) is 29.9 Å². The first-order chi connectivity index (χ1) is 12.6. The van der Waals surface area contributed by atoms with Gasteiger partial charge in [0.1, 0.15) is 0 Å². The second-order valence-electron chi connectivity index (χ2n) is 6.26. The van der Waals surface area contributed by atoms with E-state index >= 15 is 0 Å². The van der Waals surface area contributed by atoms with Crippen LogP contribution in [0.15, 0.2) is 46.3 Å². The van der Waals surface area contributed by atoms with Gasteiger partial charge in [-0.05, 0) is 22.9 Å². The maximum atomic E-state index is 12.7. The van der Waals surface area contributed by atoms with Crippen LogP contribution in [0.4, 0.5) is 0 Å². The first-order valence-electron chi connectivity index (χ1n) is 8.51. The van der Waals surface area contributed by atoms with Gasteiger partial charge in [0.2, 0.25) is 5.91 Å². The lowest BCUT2D eigenvalue weighted by Gasteiger charge is -2.26. The van der Waals surface area contributed by atoms with Crippen molar-refractivity contribution in [2.45, 2.75) is 5.16 Å². The number of hydrogen-bond donors (Lipinski definition) is 0. The summed E-state index contributed by atoms with van der Waals surface area (Å²) in [5.74, 6) is 0.311. The third-order valence-electron chi connectivity index (χ3n) is 4.59. The van der Waals surface area contributed by atoms with Crippen LogP contribution < -0.4 is 5.56 Å². The largest absolute Gasteiger partial charge is 0.378 e. The number of carbonyl (C=O) groups excluding carboxylic acids is 1. The van der Waals surface area contributed by atoms with E-state index in [1.807, 2.05) is 36.4 Å². The van der Waals surface area contributed by atoms with Gasteiger partial charge in [-0.2, -0.15) is 0 Å². The maximum Gasteiger partial charge on any atom is 0.261 e. The number of ether oxygens (including phenoxy) is 1. The Morgan fingerprint density at radius 1 is 1.19 bits per heavy atom. The van der Waals surface area contributed by atoms with Crippen LogP contribution in [0.25, 0.3) is 21.7 Å². The number of nitrogens with zero attached hydrogens (tertiary/aromatic N) is 3. The number of amides is 1. The summed E-state index contributed by atoms with van der Waals surface area (Å²) < 4.78 is 6.79. The summed E-state index contributed by atoms with van der Waals surface area (Å²) in [4.78, 5) is 31.5. The minimum atomic E-state index is -0.0953. The average Bonchev–Trinajstić information content (AvgIpc) is 2.69.